The number of amides is 1. The topological polar surface area (TPSA) is 56.8 Å². The molecule has 2 aromatic carbocycles. The zero-order valence-electron chi connectivity index (χ0n) is 14.7. The van der Waals surface area contributed by atoms with Crippen molar-refractivity contribution in [2.24, 2.45) is 0 Å². The summed E-state index contributed by atoms with van der Waals surface area (Å²) in [6, 6.07) is 9.37. The smallest absolute Gasteiger partial charge is 0.228 e. The van der Waals surface area contributed by atoms with Gasteiger partial charge in [-0.2, -0.15) is 0 Å². The van der Waals surface area contributed by atoms with Gasteiger partial charge in [-0.1, -0.05) is 6.07 Å². The Bertz CT molecular complexity index is 740. The Hall–Kier alpha value is -2.69. The first-order chi connectivity index (χ1) is 11.5. The van der Waals surface area contributed by atoms with Crippen molar-refractivity contribution >= 4 is 11.6 Å². The highest BCUT2D eigenvalue weighted by atomic mass is 16.5. The Morgan fingerprint density at radius 3 is 2.17 bits per heavy atom. The molecule has 0 saturated heterocycles. The molecule has 2 aromatic rings. The molecular formula is C19H23NO4. The number of aryl methyl sites for hydroxylation is 2. The van der Waals surface area contributed by atoms with Gasteiger partial charge >= 0.3 is 0 Å². The molecule has 0 radical (unpaired) electrons. The molecule has 1 amide bonds. The third-order valence-electron chi connectivity index (χ3n) is 3.82. The number of rotatable bonds is 6. The highest BCUT2D eigenvalue weighted by Gasteiger charge is 2.13. The van der Waals surface area contributed by atoms with Gasteiger partial charge in [-0.25, -0.2) is 0 Å². The Balaban J connectivity index is 2.20. The lowest BCUT2D eigenvalue weighted by Gasteiger charge is -2.14. The number of anilines is 1. The van der Waals surface area contributed by atoms with Crippen LogP contribution in [0.25, 0.3) is 0 Å². The summed E-state index contributed by atoms with van der Waals surface area (Å²) >= 11 is 0. The molecule has 5 nitrogen and oxygen atoms in total. The number of carbonyl (C=O) groups is 1. The van der Waals surface area contributed by atoms with Crippen LogP contribution in [0.15, 0.2) is 30.3 Å². The number of benzene rings is 2. The Morgan fingerprint density at radius 2 is 1.54 bits per heavy atom. The van der Waals surface area contributed by atoms with E-state index in [0.717, 1.165) is 16.7 Å². The average Bonchev–Trinajstić information content (AvgIpc) is 2.56. The molecule has 0 heterocycles. The van der Waals surface area contributed by atoms with Crippen LogP contribution in [0.1, 0.15) is 16.7 Å². The van der Waals surface area contributed by atoms with Gasteiger partial charge in [0.2, 0.25) is 5.91 Å². The SMILES string of the molecule is COc1ccc(C)cc1NC(=O)Cc1cc(OC)c(OC)cc1C. The Labute approximate surface area is 142 Å². The van der Waals surface area contributed by atoms with E-state index in [-0.39, 0.29) is 12.3 Å². The zero-order chi connectivity index (χ0) is 17.7. The molecular weight excluding hydrogens is 306 g/mol. The number of methoxy groups -OCH3 is 3. The van der Waals surface area contributed by atoms with Gasteiger partial charge < -0.3 is 19.5 Å². The molecule has 0 atom stereocenters. The summed E-state index contributed by atoms with van der Waals surface area (Å²) in [6.07, 6.45) is 0.239. The quantitative estimate of drug-likeness (QED) is 0.881. The fourth-order valence-electron chi connectivity index (χ4n) is 2.50. The predicted molar refractivity (Wildman–Crippen MR) is 94.3 cm³/mol. The molecule has 0 fully saturated rings. The fourth-order valence-corrected chi connectivity index (χ4v) is 2.50. The normalized spacial score (nSPS) is 10.2. The molecule has 128 valence electrons. The maximum atomic E-state index is 12.4. The minimum Gasteiger partial charge on any atom is -0.495 e. The van der Waals surface area contributed by atoms with Crippen molar-refractivity contribution in [1.82, 2.24) is 0 Å². The van der Waals surface area contributed by atoms with Crippen LogP contribution >= 0.6 is 0 Å². The highest BCUT2D eigenvalue weighted by Crippen LogP contribution is 2.31. The van der Waals surface area contributed by atoms with Gasteiger partial charge in [0.15, 0.2) is 11.5 Å². The number of hydrogen-bond acceptors (Lipinski definition) is 4. The van der Waals surface area contributed by atoms with Crippen LogP contribution < -0.4 is 19.5 Å². The van der Waals surface area contributed by atoms with Crippen LogP contribution in [0.4, 0.5) is 5.69 Å². The van der Waals surface area contributed by atoms with Crippen LogP contribution in [0.5, 0.6) is 17.2 Å². The number of carbonyl (C=O) groups excluding carboxylic acids is 1. The summed E-state index contributed by atoms with van der Waals surface area (Å²) in [5, 5.41) is 2.91. The molecule has 0 spiro atoms. The Morgan fingerprint density at radius 1 is 0.917 bits per heavy atom. The van der Waals surface area contributed by atoms with Crippen molar-refractivity contribution in [1.29, 1.82) is 0 Å². The number of nitrogens with one attached hydrogen (secondary N) is 1. The van der Waals surface area contributed by atoms with Crippen molar-refractivity contribution in [3.8, 4) is 17.2 Å². The van der Waals surface area contributed by atoms with Crippen molar-refractivity contribution < 1.29 is 19.0 Å². The number of ether oxygens (including phenoxy) is 3. The molecule has 0 unspecified atom stereocenters. The minimum atomic E-state index is -0.116. The maximum absolute atomic E-state index is 12.4. The minimum absolute atomic E-state index is 0.116. The molecule has 0 aliphatic rings. The van der Waals surface area contributed by atoms with Gasteiger partial charge in [0.25, 0.3) is 0 Å². The molecule has 2 rings (SSSR count). The van der Waals surface area contributed by atoms with Gasteiger partial charge in [-0.05, 0) is 54.8 Å². The van der Waals surface area contributed by atoms with Gasteiger partial charge in [0.1, 0.15) is 5.75 Å². The molecule has 24 heavy (non-hydrogen) atoms. The lowest BCUT2D eigenvalue weighted by Crippen LogP contribution is -2.16. The fraction of sp³-hybridized carbons (Fsp3) is 0.316. The third-order valence-corrected chi connectivity index (χ3v) is 3.82. The van der Waals surface area contributed by atoms with E-state index >= 15 is 0 Å². The zero-order valence-corrected chi connectivity index (χ0v) is 14.7. The maximum Gasteiger partial charge on any atom is 0.228 e. The molecule has 0 aromatic heterocycles. The predicted octanol–water partition coefficient (Wildman–Crippen LogP) is 3.51. The monoisotopic (exact) mass is 329 g/mol. The summed E-state index contributed by atoms with van der Waals surface area (Å²) in [7, 11) is 4.75. The largest absolute Gasteiger partial charge is 0.495 e. The van der Waals surface area contributed by atoms with E-state index in [4.69, 9.17) is 14.2 Å². The van der Waals surface area contributed by atoms with E-state index < -0.39 is 0 Å². The second-order valence-electron chi connectivity index (χ2n) is 5.56. The van der Waals surface area contributed by atoms with E-state index in [0.29, 0.717) is 22.9 Å². The van der Waals surface area contributed by atoms with Crippen molar-refractivity contribution in [2.45, 2.75) is 20.3 Å². The van der Waals surface area contributed by atoms with Crippen molar-refractivity contribution in [2.75, 3.05) is 26.6 Å². The summed E-state index contributed by atoms with van der Waals surface area (Å²) in [5.41, 5.74) is 3.57. The van der Waals surface area contributed by atoms with Crippen LogP contribution in [0, 0.1) is 13.8 Å². The highest BCUT2D eigenvalue weighted by molar-refractivity contribution is 5.94. The van der Waals surface area contributed by atoms with E-state index in [1.807, 2.05) is 44.2 Å². The lowest BCUT2D eigenvalue weighted by atomic mass is 10.0. The van der Waals surface area contributed by atoms with Gasteiger partial charge in [0.05, 0.1) is 33.4 Å². The van der Waals surface area contributed by atoms with Crippen LogP contribution in [0.3, 0.4) is 0 Å². The first-order valence-electron chi connectivity index (χ1n) is 7.64. The summed E-state index contributed by atoms with van der Waals surface area (Å²) in [4.78, 5) is 12.4. The molecule has 1 N–H and O–H groups in total. The standard InChI is InChI=1S/C19H23NO4/c1-12-6-7-16(22-3)15(8-12)20-19(21)11-14-10-18(24-5)17(23-4)9-13(14)2/h6-10H,11H2,1-5H3,(H,20,21). The summed E-state index contributed by atoms with van der Waals surface area (Å²) in [5.74, 6) is 1.78. The first-order valence-corrected chi connectivity index (χ1v) is 7.64. The summed E-state index contributed by atoms with van der Waals surface area (Å²) in [6.45, 7) is 3.91. The second kappa shape index (κ2) is 7.73. The van der Waals surface area contributed by atoms with Gasteiger partial charge in [-0.3, -0.25) is 4.79 Å². The van der Waals surface area contributed by atoms with E-state index in [1.165, 1.54) is 0 Å². The molecule has 0 bridgehead atoms. The van der Waals surface area contributed by atoms with Crippen LogP contribution in [-0.4, -0.2) is 27.2 Å². The van der Waals surface area contributed by atoms with Gasteiger partial charge in [-0.15, -0.1) is 0 Å². The number of hydrogen-bond donors (Lipinski definition) is 1. The van der Waals surface area contributed by atoms with Crippen molar-refractivity contribution in [3.63, 3.8) is 0 Å². The third kappa shape index (κ3) is 3.98. The van der Waals surface area contributed by atoms with E-state index in [9.17, 15) is 4.79 Å². The molecule has 0 aliphatic carbocycles. The van der Waals surface area contributed by atoms with E-state index in [1.54, 1.807) is 21.3 Å². The van der Waals surface area contributed by atoms with Gasteiger partial charge in [0, 0.05) is 0 Å². The molecule has 5 heteroatoms. The molecule has 0 saturated carbocycles. The van der Waals surface area contributed by atoms with Crippen molar-refractivity contribution in [3.05, 3.63) is 47.0 Å². The summed E-state index contributed by atoms with van der Waals surface area (Å²) < 4.78 is 15.9. The van der Waals surface area contributed by atoms with Crippen LogP contribution in [0.2, 0.25) is 0 Å². The lowest BCUT2D eigenvalue weighted by molar-refractivity contribution is -0.115. The first kappa shape index (κ1) is 17.7. The average molecular weight is 329 g/mol. The molecule has 0 aliphatic heterocycles. The second-order valence-corrected chi connectivity index (χ2v) is 5.56. The van der Waals surface area contributed by atoms with E-state index in [2.05, 4.69) is 5.32 Å². The van der Waals surface area contributed by atoms with Crippen LogP contribution in [-0.2, 0) is 11.2 Å². The Kier molecular flexibility index (Phi) is 5.68.